The normalized spacial score (nSPS) is 18.0. The number of nitrogens with zero attached hydrogens (tertiary/aromatic N) is 3. The van der Waals surface area contributed by atoms with E-state index in [0.717, 1.165) is 45.6 Å². The third-order valence-electron chi connectivity index (χ3n) is 5.90. The number of piperazine rings is 1. The molecule has 1 saturated heterocycles. The second-order valence-electron chi connectivity index (χ2n) is 8.23. The zero-order chi connectivity index (χ0) is 20.8. The summed E-state index contributed by atoms with van der Waals surface area (Å²) in [5, 5.41) is 0. The van der Waals surface area contributed by atoms with E-state index in [9.17, 15) is 9.18 Å². The molecule has 1 aliphatic carbocycles. The average Bonchev–Trinajstić information content (AvgIpc) is 3.60. The van der Waals surface area contributed by atoms with Crippen molar-refractivity contribution in [3.8, 4) is 0 Å². The molecule has 30 heavy (non-hydrogen) atoms. The second kappa shape index (κ2) is 10.0. The summed E-state index contributed by atoms with van der Waals surface area (Å²) >= 11 is 0. The highest BCUT2D eigenvalue weighted by Gasteiger charge is 2.33. The highest BCUT2D eigenvalue weighted by Crippen LogP contribution is 2.29. The van der Waals surface area contributed by atoms with Crippen LogP contribution in [0.1, 0.15) is 24.0 Å². The van der Waals surface area contributed by atoms with Crippen LogP contribution in [0.4, 0.5) is 4.39 Å². The Morgan fingerprint density at radius 1 is 0.967 bits per heavy atom. The van der Waals surface area contributed by atoms with Gasteiger partial charge in [-0.05, 0) is 24.5 Å². The van der Waals surface area contributed by atoms with E-state index in [1.807, 2.05) is 29.2 Å². The minimum absolute atomic E-state index is 0.123. The first-order valence-electron chi connectivity index (χ1n) is 10.9. The number of benzene rings is 2. The van der Waals surface area contributed by atoms with Gasteiger partial charge in [0.05, 0.1) is 6.54 Å². The fourth-order valence-corrected chi connectivity index (χ4v) is 3.93. The minimum atomic E-state index is -0.229. The van der Waals surface area contributed by atoms with Crippen molar-refractivity contribution in [2.75, 3.05) is 39.3 Å². The molecule has 1 saturated carbocycles. The first kappa shape index (κ1) is 20.8. The van der Waals surface area contributed by atoms with E-state index in [4.69, 9.17) is 0 Å². The maximum atomic E-state index is 14.0. The predicted octanol–water partition coefficient (Wildman–Crippen LogP) is 3.65. The van der Waals surface area contributed by atoms with Gasteiger partial charge in [-0.3, -0.25) is 14.6 Å². The molecule has 2 aromatic carbocycles. The summed E-state index contributed by atoms with van der Waals surface area (Å²) in [4.78, 5) is 19.5. The van der Waals surface area contributed by atoms with Crippen LogP contribution in [-0.4, -0.2) is 65.9 Å². The third kappa shape index (κ3) is 5.77. The van der Waals surface area contributed by atoms with Gasteiger partial charge in [0.25, 0.3) is 0 Å². The monoisotopic (exact) mass is 407 g/mol. The molecule has 0 unspecified atom stereocenters. The van der Waals surface area contributed by atoms with Gasteiger partial charge in [-0.1, -0.05) is 60.7 Å². The maximum Gasteiger partial charge on any atom is 0.237 e. The predicted molar refractivity (Wildman–Crippen MR) is 118 cm³/mol. The molecule has 2 aliphatic rings. The van der Waals surface area contributed by atoms with Gasteiger partial charge < -0.3 is 4.90 Å². The Morgan fingerprint density at radius 2 is 1.63 bits per heavy atom. The summed E-state index contributed by atoms with van der Waals surface area (Å²) < 4.78 is 14.0. The molecule has 1 amide bonds. The standard InChI is InChI=1S/C25H30FN3O/c26-24-11-5-4-10-22(24)19-29(23-12-13-23)25(30)20-28-17-15-27(16-18-28)14-6-9-21-7-2-1-3-8-21/h1-11,23H,12-20H2. The van der Waals surface area contributed by atoms with E-state index in [1.165, 1.54) is 11.6 Å². The Morgan fingerprint density at radius 3 is 2.33 bits per heavy atom. The number of hydrogen-bond acceptors (Lipinski definition) is 3. The summed E-state index contributed by atoms with van der Waals surface area (Å²) in [5.41, 5.74) is 1.82. The summed E-state index contributed by atoms with van der Waals surface area (Å²) in [7, 11) is 0. The Kier molecular flexibility index (Phi) is 6.92. The van der Waals surface area contributed by atoms with Crippen LogP contribution in [0.15, 0.2) is 60.7 Å². The lowest BCUT2D eigenvalue weighted by molar-refractivity contribution is -0.134. The van der Waals surface area contributed by atoms with Crippen LogP contribution >= 0.6 is 0 Å². The van der Waals surface area contributed by atoms with Crippen LogP contribution < -0.4 is 0 Å². The molecule has 0 aromatic heterocycles. The largest absolute Gasteiger partial charge is 0.334 e. The fourth-order valence-electron chi connectivity index (χ4n) is 3.93. The van der Waals surface area contributed by atoms with Crippen molar-refractivity contribution < 1.29 is 9.18 Å². The Bertz CT molecular complexity index is 858. The van der Waals surface area contributed by atoms with Crippen LogP contribution in [0.25, 0.3) is 6.08 Å². The highest BCUT2D eigenvalue weighted by atomic mass is 19.1. The molecule has 0 N–H and O–H groups in total. The van der Waals surface area contributed by atoms with E-state index in [2.05, 4.69) is 34.1 Å². The maximum absolute atomic E-state index is 14.0. The third-order valence-corrected chi connectivity index (χ3v) is 5.90. The fraction of sp³-hybridized carbons (Fsp3) is 0.400. The molecule has 0 bridgehead atoms. The topological polar surface area (TPSA) is 26.8 Å². The molecule has 0 atom stereocenters. The first-order chi connectivity index (χ1) is 14.7. The van der Waals surface area contributed by atoms with Gasteiger partial charge in [-0.25, -0.2) is 4.39 Å². The molecular weight excluding hydrogens is 377 g/mol. The SMILES string of the molecule is O=C(CN1CCN(CC=Cc2ccccc2)CC1)N(Cc1ccccc1F)C1CC1. The van der Waals surface area contributed by atoms with Crippen molar-refractivity contribution in [3.05, 3.63) is 77.6 Å². The summed E-state index contributed by atoms with van der Waals surface area (Å²) in [5.74, 6) is -0.105. The molecule has 4 nitrogen and oxygen atoms in total. The van der Waals surface area contributed by atoms with Crippen LogP contribution in [0.5, 0.6) is 0 Å². The Hall–Kier alpha value is -2.50. The second-order valence-corrected chi connectivity index (χ2v) is 8.23. The molecule has 1 aliphatic heterocycles. The van der Waals surface area contributed by atoms with Crippen molar-refractivity contribution in [2.24, 2.45) is 0 Å². The minimum Gasteiger partial charge on any atom is -0.334 e. The van der Waals surface area contributed by atoms with Gasteiger partial charge in [0.15, 0.2) is 0 Å². The van der Waals surface area contributed by atoms with Crippen molar-refractivity contribution in [3.63, 3.8) is 0 Å². The molecule has 4 rings (SSSR count). The molecule has 5 heteroatoms. The molecule has 0 radical (unpaired) electrons. The highest BCUT2D eigenvalue weighted by molar-refractivity contribution is 5.79. The van der Waals surface area contributed by atoms with Gasteiger partial charge in [-0.15, -0.1) is 0 Å². The van der Waals surface area contributed by atoms with E-state index in [-0.39, 0.29) is 17.8 Å². The first-order valence-corrected chi connectivity index (χ1v) is 10.9. The quantitative estimate of drug-likeness (QED) is 0.668. The van der Waals surface area contributed by atoms with Gasteiger partial charge in [0.2, 0.25) is 5.91 Å². The summed E-state index contributed by atoms with van der Waals surface area (Å²) in [6, 6.07) is 17.4. The van der Waals surface area contributed by atoms with E-state index >= 15 is 0 Å². The summed E-state index contributed by atoms with van der Waals surface area (Å²) in [6.07, 6.45) is 6.43. The molecule has 158 valence electrons. The molecule has 2 fully saturated rings. The number of halogens is 1. The van der Waals surface area contributed by atoms with Crippen molar-refractivity contribution in [1.29, 1.82) is 0 Å². The molecule has 2 aromatic rings. The van der Waals surface area contributed by atoms with Gasteiger partial charge >= 0.3 is 0 Å². The lowest BCUT2D eigenvalue weighted by atomic mass is 10.2. The van der Waals surface area contributed by atoms with Crippen molar-refractivity contribution in [1.82, 2.24) is 14.7 Å². The van der Waals surface area contributed by atoms with E-state index in [1.54, 1.807) is 12.1 Å². The van der Waals surface area contributed by atoms with Crippen LogP contribution in [0.3, 0.4) is 0 Å². The Labute approximate surface area is 178 Å². The zero-order valence-electron chi connectivity index (χ0n) is 17.4. The molecule has 1 heterocycles. The smallest absolute Gasteiger partial charge is 0.237 e. The molecular formula is C25H30FN3O. The number of hydrogen-bond donors (Lipinski definition) is 0. The van der Waals surface area contributed by atoms with Crippen molar-refractivity contribution in [2.45, 2.75) is 25.4 Å². The van der Waals surface area contributed by atoms with E-state index < -0.39 is 0 Å². The van der Waals surface area contributed by atoms with E-state index in [0.29, 0.717) is 18.7 Å². The summed E-state index contributed by atoms with van der Waals surface area (Å²) in [6.45, 7) is 5.44. The number of carbonyl (C=O) groups excluding carboxylic acids is 1. The van der Waals surface area contributed by atoms with Gasteiger partial charge in [0, 0.05) is 50.9 Å². The van der Waals surface area contributed by atoms with Crippen LogP contribution in [-0.2, 0) is 11.3 Å². The zero-order valence-corrected chi connectivity index (χ0v) is 17.4. The number of amides is 1. The Balaban J connectivity index is 1.24. The van der Waals surface area contributed by atoms with Crippen LogP contribution in [0, 0.1) is 5.82 Å². The lowest BCUT2D eigenvalue weighted by Gasteiger charge is -2.35. The van der Waals surface area contributed by atoms with Gasteiger partial charge in [0.1, 0.15) is 5.82 Å². The van der Waals surface area contributed by atoms with Crippen LogP contribution in [0.2, 0.25) is 0 Å². The lowest BCUT2D eigenvalue weighted by Crippen LogP contribution is -2.50. The van der Waals surface area contributed by atoms with Crippen molar-refractivity contribution >= 4 is 12.0 Å². The van der Waals surface area contributed by atoms with Gasteiger partial charge in [-0.2, -0.15) is 0 Å². The number of carbonyl (C=O) groups is 1. The average molecular weight is 408 g/mol. The molecule has 0 spiro atoms. The number of rotatable bonds is 8.